The van der Waals surface area contributed by atoms with Crippen molar-refractivity contribution in [3.05, 3.63) is 41.5 Å². The molecule has 0 aliphatic rings. The fourth-order valence-electron chi connectivity index (χ4n) is 2.57. The van der Waals surface area contributed by atoms with E-state index in [0.29, 0.717) is 0 Å². The van der Waals surface area contributed by atoms with E-state index in [1.807, 2.05) is 17.1 Å². The molecule has 0 bridgehead atoms. The van der Waals surface area contributed by atoms with Crippen LogP contribution in [-0.4, -0.2) is 28.4 Å². The van der Waals surface area contributed by atoms with Gasteiger partial charge in [0.1, 0.15) is 5.69 Å². The second-order valence-electron chi connectivity index (χ2n) is 5.36. The van der Waals surface area contributed by atoms with Gasteiger partial charge in [-0.05, 0) is 44.5 Å². The molecule has 21 heavy (non-hydrogen) atoms. The molecule has 2 rings (SSSR count). The van der Waals surface area contributed by atoms with Crippen molar-refractivity contribution in [3.63, 3.8) is 0 Å². The third-order valence-corrected chi connectivity index (χ3v) is 3.56. The summed E-state index contributed by atoms with van der Waals surface area (Å²) in [6.45, 7) is 9.29. The summed E-state index contributed by atoms with van der Waals surface area (Å²) in [7, 11) is 1.69. The molecule has 2 aromatic rings. The molecule has 0 amide bonds. The second-order valence-corrected chi connectivity index (χ2v) is 5.36. The molecule has 0 spiro atoms. The summed E-state index contributed by atoms with van der Waals surface area (Å²) in [4.78, 5) is 4.19. The molecule has 0 aromatic carbocycles. The van der Waals surface area contributed by atoms with E-state index in [4.69, 9.17) is 4.74 Å². The van der Waals surface area contributed by atoms with E-state index in [-0.39, 0.29) is 12.1 Å². The first-order chi connectivity index (χ1) is 10.1. The number of hydrogen-bond donors (Lipinski definition) is 1. The molecule has 5 nitrogen and oxygen atoms in total. The van der Waals surface area contributed by atoms with Gasteiger partial charge < -0.3 is 10.1 Å². The third kappa shape index (κ3) is 3.08. The molecular weight excluding hydrogens is 264 g/mol. The van der Waals surface area contributed by atoms with E-state index in [2.05, 4.69) is 49.2 Å². The van der Waals surface area contributed by atoms with E-state index < -0.39 is 0 Å². The molecular formula is C16H24N4O. The van der Waals surface area contributed by atoms with Crippen LogP contribution in [0.2, 0.25) is 0 Å². The van der Waals surface area contributed by atoms with Gasteiger partial charge in [-0.3, -0.25) is 9.67 Å². The van der Waals surface area contributed by atoms with Gasteiger partial charge in [0.05, 0.1) is 19.3 Å². The molecule has 114 valence electrons. The van der Waals surface area contributed by atoms with Crippen molar-refractivity contribution in [1.29, 1.82) is 0 Å². The molecule has 1 unspecified atom stereocenters. The standard InChI is InChI=1S/C16H24N4O/c1-6-18-15(13-7-8-17-9-12(13)4)16-14(21-5)10-19-20(16)11(2)3/h7-11,15,18H,6H2,1-5H3. The Balaban J connectivity index is 2.58. The summed E-state index contributed by atoms with van der Waals surface area (Å²) < 4.78 is 7.55. The Hall–Kier alpha value is -1.88. The third-order valence-electron chi connectivity index (χ3n) is 3.56. The van der Waals surface area contributed by atoms with Gasteiger partial charge in [0, 0.05) is 18.4 Å². The highest BCUT2D eigenvalue weighted by Crippen LogP contribution is 2.32. The van der Waals surface area contributed by atoms with Gasteiger partial charge in [-0.1, -0.05) is 6.92 Å². The van der Waals surface area contributed by atoms with Crippen LogP contribution in [0.25, 0.3) is 0 Å². The van der Waals surface area contributed by atoms with Crippen molar-refractivity contribution < 1.29 is 4.74 Å². The lowest BCUT2D eigenvalue weighted by atomic mass is 9.99. The van der Waals surface area contributed by atoms with Crippen LogP contribution in [0.4, 0.5) is 0 Å². The van der Waals surface area contributed by atoms with Crippen molar-refractivity contribution >= 4 is 0 Å². The highest BCUT2D eigenvalue weighted by Gasteiger charge is 2.25. The van der Waals surface area contributed by atoms with E-state index in [0.717, 1.165) is 23.6 Å². The highest BCUT2D eigenvalue weighted by atomic mass is 16.5. The lowest BCUT2D eigenvalue weighted by molar-refractivity contribution is 0.394. The number of rotatable bonds is 6. The fraction of sp³-hybridized carbons (Fsp3) is 0.500. The summed E-state index contributed by atoms with van der Waals surface area (Å²) in [5, 5.41) is 8.02. The first-order valence-electron chi connectivity index (χ1n) is 7.35. The smallest absolute Gasteiger partial charge is 0.161 e. The molecule has 0 aliphatic carbocycles. The van der Waals surface area contributed by atoms with Gasteiger partial charge in [-0.2, -0.15) is 5.10 Å². The largest absolute Gasteiger partial charge is 0.493 e. The Morgan fingerprint density at radius 1 is 1.33 bits per heavy atom. The number of nitrogens with zero attached hydrogens (tertiary/aromatic N) is 3. The quantitative estimate of drug-likeness (QED) is 0.888. The summed E-state index contributed by atoms with van der Waals surface area (Å²) >= 11 is 0. The Bertz CT molecular complexity index is 592. The van der Waals surface area contributed by atoms with Crippen molar-refractivity contribution in [3.8, 4) is 5.75 Å². The lowest BCUT2D eigenvalue weighted by Gasteiger charge is -2.23. The van der Waals surface area contributed by atoms with Gasteiger partial charge in [-0.25, -0.2) is 0 Å². The second kappa shape index (κ2) is 6.72. The number of nitrogens with one attached hydrogen (secondary N) is 1. The predicted molar refractivity (Wildman–Crippen MR) is 83.7 cm³/mol. The Kier molecular flexibility index (Phi) is 4.96. The van der Waals surface area contributed by atoms with Crippen LogP contribution in [0.15, 0.2) is 24.7 Å². The van der Waals surface area contributed by atoms with Gasteiger partial charge in [-0.15, -0.1) is 0 Å². The molecule has 2 aromatic heterocycles. The number of pyridine rings is 1. The Morgan fingerprint density at radius 3 is 2.67 bits per heavy atom. The molecule has 0 aliphatic heterocycles. The Morgan fingerprint density at radius 2 is 2.10 bits per heavy atom. The SMILES string of the molecule is CCNC(c1ccncc1C)c1c(OC)cnn1C(C)C. The van der Waals surface area contributed by atoms with Crippen LogP contribution >= 0.6 is 0 Å². The highest BCUT2D eigenvalue weighted by molar-refractivity contribution is 5.39. The normalized spacial score (nSPS) is 12.7. The minimum Gasteiger partial charge on any atom is -0.493 e. The van der Waals surface area contributed by atoms with E-state index in [1.54, 1.807) is 13.3 Å². The van der Waals surface area contributed by atoms with Crippen LogP contribution in [0.5, 0.6) is 5.75 Å². The monoisotopic (exact) mass is 288 g/mol. The number of ether oxygens (including phenoxy) is 1. The lowest BCUT2D eigenvalue weighted by Crippen LogP contribution is -2.26. The molecule has 0 saturated heterocycles. The molecule has 0 radical (unpaired) electrons. The van der Waals surface area contributed by atoms with Crippen LogP contribution in [-0.2, 0) is 0 Å². The summed E-state index contributed by atoms with van der Waals surface area (Å²) in [6.07, 6.45) is 5.51. The molecule has 1 N–H and O–H groups in total. The number of hydrogen-bond acceptors (Lipinski definition) is 4. The maximum atomic E-state index is 5.53. The van der Waals surface area contributed by atoms with Crippen LogP contribution < -0.4 is 10.1 Å². The zero-order chi connectivity index (χ0) is 15.4. The molecule has 0 fully saturated rings. The zero-order valence-corrected chi connectivity index (χ0v) is 13.4. The minimum absolute atomic E-state index is 0.0397. The van der Waals surface area contributed by atoms with E-state index >= 15 is 0 Å². The van der Waals surface area contributed by atoms with Crippen LogP contribution in [0.3, 0.4) is 0 Å². The molecule has 1 atom stereocenters. The minimum atomic E-state index is 0.0397. The number of aromatic nitrogens is 3. The molecule has 2 heterocycles. The van der Waals surface area contributed by atoms with Crippen molar-refractivity contribution in [1.82, 2.24) is 20.1 Å². The summed E-state index contributed by atoms with van der Waals surface area (Å²) in [5.74, 6) is 0.811. The van der Waals surface area contributed by atoms with Gasteiger partial charge in [0.2, 0.25) is 0 Å². The number of methoxy groups -OCH3 is 1. The van der Waals surface area contributed by atoms with Crippen molar-refractivity contribution in [2.24, 2.45) is 0 Å². The van der Waals surface area contributed by atoms with Crippen molar-refractivity contribution in [2.75, 3.05) is 13.7 Å². The van der Waals surface area contributed by atoms with E-state index in [9.17, 15) is 0 Å². The topological polar surface area (TPSA) is 52.0 Å². The van der Waals surface area contributed by atoms with E-state index in [1.165, 1.54) is 5.56 Å². The summed E-state index contributed by atoms with van der Waals surface area (Å²) in [5.41, 5.74) is 3.42. The fourth-order valence-corrected chi connectivity index (χ4v) is 2.57. The van der Waals surface area contributed by atoms with Gasteiger partial charge >= 0.3 is 0 Å². The van der Waals surface area contributed by atoms with Crippen molar-refractivity contribution in [2.45, 2.75) is 39.8 Å². The maximum Gasteiger partial charge on any atom is 0.161 e. The van der Waals surface area contributed by atoms with Crippen LogP contribution in [0, 0.1) is 6.92 Å². The molecule has 5 heteroatoms. The first-order valence-corrected chi connectivity index (χ1v) is 7.35. The molecule has 0 saturated carbocycles. The maximum absolute atomic E-state index is 5.53. The first kappa shape index (κ1) is 15.5. The predicted octanol–water partition coefficient (Wildman–Crippen LogP) is 2.87. The van der Waals surface area contributed by atoms with Gasteiger partial charge in [0.15, 0.2) is 5.75 Å². The average molecular weight is 288 g/mol. The van der Waals surface area contributed by atoms with Crippen LogP contribution in [0.1, 0.15) is 49.7 Å². The summed E-state index contributed by atoms with van der Waals surface area (Å²) in [6, 6.07) is 2.37. The zero-order valence-electron chi connectivity index (χ0n) is 13.4. The average Bonchev–Trinajstić information content (AvgIpc) is 2.89. The Labute approximate surface area is 126 Å². The number of aryl methyl sites for hydroxylation is 1. The van der Waals surface area contributed by atoms with Gasteiger partial charge in [0.25, 0.3) is 0 Å².